The molecule has 1 aliphatic rings. The number of hydrogen-bond donors (Lipinski definition) is 0. The summed E-state index contributed by atoms with van der Waals surface area (Å²) in [5, 5.41) is 0. The van der Waals surface area contributed by atoms with Gasteiger partial charge in [0.2, 0.25) is 0 Å². The van der Waals surface area contributed by atoms with E-state index in [0.717, 1.165) is 0 Å². The second-order valence-electron chi connectivity index (χ2n) is 3.65. The first kappa shape index (κ1) is 9.31. The molecule has 74 valence electrons. The van der Waals surface area contributed by atoms with E-state index >= 15 is 0 Å². The summed E-state index contributed by atoms with van der Waals surface area (Å²) in [4.78, 5) is 10.9. The van der Waals surface area contributed by atoms with E-state index in [2.05, 4.69) is 0 Å². The summed E-state index contributed by atoms with van der Waals surface area (Å²) >= 11 is 0. The summed E-state index contributed by atoms with van der Waals surface area (Å²) in [6.07, 6.45) is 0. The van der Waals surface area contributed by atoms with Crippen LogP contribution >= 0.6 is 0 Å². The molecule has 0 radical (unpaired) electrons. The number of rotatable bonds is 2. The van der Waals surface area contributed by atoms with E-state index in [9.17, 15) is 13.6 Å². The largest absolute Gasteiger partial charge is 0.299 e. The van der Waals surface area contributed by atoms with Gasteiger partial charge in [-0.15, -0.1) is 0 Å². The zero-order chi connectivity index (χ0) is 10.3. The molecule has 1 fully saturated rings. The maximum Gasteiger partial charge on any atom is 0.266 e. The van der Waals surface area contributed by atoms with E-state index in [-0.39, 0.29) is 0 Å². The monoisotopic (exact) mass is 196 g/mol. The van der Waals surface area contributed by atoms with E-state index < -0.39 is 23.5 Å². The summed E-state index contributed by atoms with van der Waals surface area (Å²) in [6, 6.07) is 8.47. The number of ketones is 1. The third kappa shape index (κ3) is 1.24. The zero-order valence-electron chi connectivity index (χ0n) is 7.71. The maximum absolute atomic E-state index is 13.2. The number of carbonyl (C=O) groups excluding carboxylic acids is 1. The number of benzene rings is 1. The third-order valence-corrected chi connectivity index (χ3v) is 2.65. The van der Waals surface area contributed by atoms with Crippen LogP contribution in [0.15, 0.2) is 30.3 Å². The van der Waals surface area contributed by atoms with Gasteiger partial charge in [-0.2, -0.15) is 0 Å². The van der Waals surface area contributed by atoms with Crippen molar-refractivity contribution in [3.63, 3.8) is 0 Å². The van der Waals surface area contributed by atoms with Crippen LogP contribution in [0.2, 0.25) is 0 Å². The van der Waals surface area contributed by atoms with Gasteiger partial charge in [0, 0.05) is 0 Å². The molecule has 0 aliphatic heterocycles. The van der Waals surface area contributed by atoms with Gasteiger partial charge in [-0.1, -0.05) is 30.3 Å². The number of alkyl halides is 2. The lowest BCUT2D eigenvalue weighted by atomic mass is 10.1. The van der Waals surface area contributed by atoms with E-state index in [1.54, 1.807) is 30.3 Å². The molecule has 1 aliphatic carbocycles. The minimum Gasteiger partial charge on any atom is -0.299 e. The van der Waals surface area contributed by atoms with Gasteiger partial charge in [0.05, 0.1) is 11.8 Å². The molecule has 2 unspecified atom stereocenters. The molecule has 1 aromatic carbocycles. The minimum atomic E-state index is -2.84. The van der Waals surface area contributed by atoms with Gasteiger partial charge < -0.3 is 0 Å². The van der Waals surface area contributed by atoms with Crippen molar-refractivity contribution in [1.82, 2.24) is 0 Å². The van der Waals surface area contributed by atoms with Gasteiger partial charge in [0.1, 0.15) is 5.78 Å². The van der Waals surface area contributed by atoms with Gasteiger partial charge in [-0.3, -0.25) is 4.79 Å². The van der Waals surface area contributed by atoms with Crippen molar-refractivity contribution < 1.29 is 13.6 Å². The van der Waals surface area contributed by atoms with E-state index in [1.165, 1.54) is 6.92 Å². The summed E-state index contributed by atoms with van der Waals surface area (Å²) in [5.41, 5.74) is 0.553. The number of hydrogen-bond acceptors (Lipinski definition) is 1. The summed E-state index contributed by atoms with van der Waals surface area (Å²) in [5.74, 6) is -5.28. The highest BCUT2D eigenvalue weighted by Gasteiger charge is 2.70. The molecule has 0 spiro atoms. The van der Waals surface area contributed by atoms with Gasteiger partial charge in [-0.25, -0.2) is 8.78 Å². The van der Waals surface area contributed by atoms with Crippen molar-refractivity contribution in [3.8, 4) is 0 Å². The fraction of sp³-hybridized carbons (Fsp3) is 0.364. The van der Waals surface area contributed by atoms with Crippen LogP contribution < -0.4 is 0 Å². The molecule has 0 heterocycles. The summed E-state index contributed by atoms with van der Waals surface area (Å²) in [7, 11) is 0. The predicted molar refractivity (Wildman–Crippen MR) is 48.3 cm³/mol. The predicted octanol–water partition coefficient (Wildman–Crippen LogP) is 2.62. The molecule has 2 rings (SSSR count). The third-order valence-electron chi connectivity index (χ3n) is 2.65. The van der Waals surface area contributed by atoms with E-state index in [1.807, 2.05) is 0 Å². The average molecular weight is 196 g/mol. The number of carbonyl (C=O) groups is 1. The highest BCUT2D eigenvalue weighted by molar-refractivity contribution is 5.85. The number of halogens is 2. The van der Waals surface area contributed by atoms with Crippen LogP contribution in [0.5, 0.6) is 0 Å². The molecule has 0 amide bonds. The molecular weight excluding hydrogens is 186 g/mol. The Kier molecular flexibility index (Phi) is 1.91. The molecule has 2 atom stereocenters. The van der Waals surface area contributed by atoms with Crippen LogP contribution in [0.25, 0.3) is 0 Å². The summed E-state index contributed by atoms with van der Waals surface area (Å²) < 4.78 is 26.4. The van der Waals surface area contributed by atoms with Crippen molar-refractivity contribution in [3.05, 3.63) is 35.9 Å². The maximum atomic E-state index is 13.2. The first-order valence-electron chi connectivity index (χ1n) is 4.48. The van der Waals surface area contributed by atoms with E-state index in [0.29, 0.717) is 5.56 Å². The van der Waals surface area contributed by atoms with Crippen LogP contribution in [-0.4, -0.2) is 11.7 Å². The van der Waals surface area contributed by atoms with Crippen molar-refractivity contribution in [2.24, 2.45) is 5.92 Å². The van der Waals surface area contributed by atoms with Crippen LogP contribution in [0.3, 0.4) is 0 Å². The Bertz CT molecular complexity index is 359. The Morgan fingerprint density at radius 3 is 2.29 bits per heavy atom. The number of Topliss-reactive ketones (excluding diaryl/α,β-unsaturated/α-hetero) is 1. The van der Waals surface area contributed by atoms with E-state index in [4.69, 9.17) is 0 Å². The highest BCUT2D eigenvalue weighted by atomic mass is 19.3. The quantitative estimate of drug-likeness (QED) is 0.710. The van der Waals surface area contributed by atoms with Gasteiger partial charge >= 0.3 is 0 Å². The molecule has 1 saturated carbocycles. The standard InChI is InChI=1S/C11H10F2O/c1-7(14)9-10(11(9,12)13)8-5-3-2-4-6-8/h2-6,9-10H,1H3. The normalized spacial score (nSPS) is 28.5. The Balaban J connectivity index is 2.28. The lowest BCUT2D eigenvalue weighted by Crippen LogP contribution is -2.01. The molecule has 0 aromatic heterocycles. The second-order valence-corrected chi connectivity index (χ2v) is 3.65. The SMILES string of the molecule is CC(=O)C1C(c2ccccc2)C1(F)F. The van der Waals surface area contributed by atoms with Crippen molar-refractivity contribution in [1.29, 1.82) is 0 Å². The van der Waals surface area contributed by atoms with Crippen LogP contribution in [-0.2, 0) is 4.79 Å². The fourth-order valence-electron chi connectivity index (χ4n) is 1.91. The van der Waals surface area contributed by atoms with Crippen LogP contribution in [0, 0.1) is 5.92 Å². The Hall–Kier alpha value is -1.25. The molecule has 0 saturated heterocycles. The molecule has 3 heteroatoms. The van der Waals surface area contributed by atoms with Gasteiger partial charge in [0.15, 0.2) is 0 Å². The van der Waals surface area contributed by atoms with Crippen LogP contribution in [0.1, 0.15) is 18.4 Å². The lowest BCUT2D eigenvalue weighted by molar-refractivity contribution is -0.120. The molecule has 0 N–H and O–H groups in total. The molecule has 1 nitrogen and oxygen atoms in total. The fourth-order valence-corrected chi connectivity index (χ4v) is 1.91. The zero-order valence-corrected chi connectivity index (χ0v) is 7.71. The Morgan fingerprint density at radius 1 is 1.29 bits per heavy atom. The lowest BCUT2D eigenvalue weighted by Gasteiger charge is -1.96. The Labute approximate surface area is 80.7 Å². The highest BCUT2D eigenvalue weighted by Crippen LogP contribution is 2.61. The first-order chi connectivity index (χ1) is 6.55. The van der Waals surface area contributed by atoms with Gasteiger partial charge in [0.25, 0.3) is 5.92 Å². The molecule has 0 bridgehead atoms. The van der Waals surface area contributed by atoms with Crippen molar-refractivity contribution >= 4 is 5.78 Å². The van der Waals surface area contributed by atoms with Gasteiger partial charge in [-0.05, 0) is 12.5 Å². The molecule has 1 aromatic rings. The molecule has 14 heavy (non-hydrogen) atoms. The summed E-state index contributed by atoms with van der Waals surface area (Å²) in [6.45, 7) is 1.22. The molecular formula is C11H10F2O. The average Bonchev–Trinajstić information content (AvgIpc) is 2.71. The minimum absolute atomic E-state index is 0.427. The van der Waals surface area contributed by atoms with Crippen molar-refractivity contribution in [2.75, 3.05) is 0 Å². The first-order valence-corrected chi connectivity index (χ1v) is 4.48. The topological polar surface area (TPSA) is 17.1 Å². The Morgan fingerprint density at radius 2 is 1.86 bits per heavy atom. The smallest absolute Gasteiger partial charge is 0.266 e. The van der Waals surface area contributed by atoms with Crippen LogP contribution in [0.4, 0.5) is 8.78 Å². The second kappa shape index (κ2) is 2.87. The van der Waals surface area contributed by atoms with Crippen molar-refractivity contribution in [2.45, 2.75) is 18.8 Å².